The van der Waals surface area contributed by atoms with E-state index in [9.17, 15) is 9.59 Å². The highest BCUT2D eigenvalue weighted by Crippen LogP contribution is 2.19. The first kappa shape index (κ1) is 12.6. The summed E-state index contributed by atoms with van der Waals surface area (Å²) in [5, 5.41) is 0. The number of hydrogen-bond acceptors (Lipinski definition) is 3. The van der Waals surface area contributed by atoms with E-state index in [1.807, 2.05) is 30.3 Å². The molecule has 1 atom stereocenters. The minimum absolute atomic E-state index is 0.0610. The minimum atomic E-state index is -0.397. The van der Waals surface area contributed by atoms with Crippen LogP contribution in [0.1, 0.15) is 25.3 Å². The highest BCUT2D eigenvalue weighted by molar-refractivity contribution is 5.83. The van der Waals surface area contributed by atoms with Gasteiger partial charge in [0, 0.05) is 13.5 Å². The molecule has 0 N–H and O–H groups in total. The molecule has 96 valence electrons. The summed E-state index contributed by atoms with van der Waals surface area (Å²) in [7, 11) is 0. The first-order valence-corrected chi connectivity index (χ1v) is 6.16. The van der Waals surface area contributed by atoms with Crippen LogP contribution in [-0.4, -0.2) is 29.4 Å². The van der Waals surface area contributed by atoms with E-state index >= 15 is 0 Å². The predicted molar refractivity (Wildman–Crippen MR) is 66.6 cm³/mol. The number of carbonyl (C=O) groups is 2. The van der Waals surface area contributed by atoms with Crippen molar-refractivity contribution in [3.63, 3.8) is 0 Å². The van der Waals surface area contributed by atoms with E-state index in [-0.39, 0.29) is 18.5 Å². The lowest BCUT2D eigenvalue weighted by molar-refractivity contribution is -0.154. The van der Waals surface area contributed by atoms with Crippen molar-refractivity contribution < 1.29 is 14.3 Å². The first-order chi connectivity index (χ1) is 8.68. The minimum Gasteiger partial charge on any atom is -0.459 e. The second-order valence-electron chi connectivity index (χ2n) is 4.46. The van der Waals surface area contributed by atoms with Crippen LogP contribution in [0.2, 0.25) is 0 Å². The first-order valence-electron chi connectivity index (χ1n) is 6.16. The zero-order chi connectivity index (χ0) is 13.0. The van der Waals surface area contributed by atoms with Crippen LogP contribution >= 0.6 is 0 Å². The van der Waals surface area contributed by atoms with Gasteiger partial charge in [-0.25, -0.2) is 4.79 Å². The van der Waals surface area contributed by atoms with E-state index < -0.39 is 6.04 Å². The molecule has 0 spiro atoms. The number of likely N-dealkylation sites (tertiary alicyclic amines) is 1. The van der Waals surface area contributed by atoms with Gasteiger partial charge in [0.2, 0.25) is 5.91 Å². The van der Waals surface area contributed by atoms with E-state index in [1.54, 1.807) is 4.90 Å². The molecule has 0 radical (unpaired) electrons. The van der Waals surface area contributed by atoms with Crippen LogP contribution in [0, 0.1) is 0 Å². The van der Waals surface area contributed by atoms with Crippen molar-refractivity contribution in [2.75, 3.05) is 6.54 Å². The third kappa shape index (κ3) is 2.88. The number of esters is 1. The standard InChI is InChI=1S/C14H17NO3/c1-11(16)15-9-5-8-13(15)14(17)18-10-12-6-3-2-4-7-12/h2-4,6-7,13H,5,8-10H2,1H3/t13-/m1/s1. The molecule has 1 aromatic rings. The predicted octanol–water partition coefficient (Wildman–Crippen LogP) is 1.74. The van der Waals surface area contributed by atoms with Crippen molar-refractivity contribution in [1.29, 1.82) is 0 Å². The zero-order valence-electron chi connectivity index (χ0n) is 10.5. The van der Waals surface area contributed by atoms with E-state index in [1.165, 1.54) is 6.92 Å². The smallest absolute Gasteiger partial charge is 0.329 e. The molecule has 0 saturated carbocycles. The second kappa shape index (κ2) is 5.67. The van der Waals surface area contributed by atoms with Crippen molar-refractivity contribution >= 4 is 11.9 Å². The SMILES string of the molecule is CC(=O)N1CCC[C@@H]1C(=O)OCc1ccccc1. The Morgan fingerprint density at radius 2 is 2.06 bits per heavy atom. The topological polar surface area (TPSA) is 46.6 Å². The van der Waals surface area contributed by atoms with Gasteiger partial charge in [-0.3, -0.25) is 4.79 Å². The van der Waals surface area contributed by atoms with Gasteiger partial charge in [0.25, 0.3) is 0 Å². The molecule has 2 rings (SSSR count). The lowest BCUT2D eigenvalue weighted by Gasteiger charge is -2.21. The monoisotopic (exact) mass is 247 g/mol. The lowest BCUT2D eigenvalue weighted by atomic mass is 10.2. The van der Waals surface area contributed by atoms with Crippen LogP contribution in [-0.2, 0) is 20.9 Å². The molecule has 1 fully saturated rings. The van der Waals surface area contributed by atoms with Gasteiger partial charge in [-0.05, 0) is 18.4 Å². The number of benzene rings is 1. The Kier molecular flexibility index (Phi) is 3.97. The molecule has 1 saturated heterocycles. The number of nitrogens with zero attached hydrogens (tertiary/aromatic N) is 1. The molecule has 18 heavy (non-hydrogen) atoms. The van der Waals surface area contributed by atoms with Gasteiger partial charge in [0.05, 0.1) is 0 Å². The maximum absolute atomic E-state index is 11.9. The highest BCUT2D eigenvalue weighted by Gasteiger charge is 2.33. The number of hydrogen-bond donors (Lipinski definition) is 0. The Balaban J connectivity index is 1.90. The molecular formula is C14H17NO3. The number of amides is 1. The summed E-state index contributed by atoms with van der Waals surface area (Å²) in [6.07, 6.45) is 1.57. The third-order valence-corrected chi connectivity index (χ3v) is 3.15. The molecule has 4 nitrogen and oxygen atoms in total. The summed E-state index contributed by atoms with van der Waals surface area (Å²) in [4.78, 5) is 24.9. The summed E-state index contributed by atoms with van der Waals surface area (Å²) in [5.41, 5.74) is 0.957. The fourth-order valence-corrected chi connectivity index (χ4v) is 2.21. The Morgan fingerprint density at radius 3 is 2.72 bits per heavy atom. The number of rotatable bonds is 3. The Morgan fingerprint density at radius 1 is 1.33 bits per heavy atom. The van der Waals surface area contributed by atoms with Crippen molar-refractivity contribution in [3.8, 4) is 0 Å². The maximum Gasteiger partial charge on any atom is 0.329 e. The van der Waals surface area contributed by atoms with Crippen molar-refractivity contribution in [3.05, 3.63) is 35.9 Å². The van der Waals surface area contributed by atoms with Gasteiger partial charge in [-0.1, -0.05) is 30.3 Å². The largest absolute Gasteiger partial charge is 0.459 e. The van der Waals surface area contributed by atoms with Crippen LogP contribution < -0.4 is 0 Å². The van der Waals surface area contributed by atoms with Gasteiger partial charge in [0.1, 0.15) is 12.6 Å². The fraction of sp³-hybridized carbons (Fsp3) is 0.429. The normalized spacial score (nSPS) is 18.7. The Hall–Kier alpha value is -1.84. The van der Waals surface area contributed by atoms with Gasteiger partial charge >= 0.3 is 5.97 Å². The summed E-state index contributed by atoms with van der Waals surface area (Å²) >= 11 is 0. The van der Waals surface area contributed by atoms with E-state index in [2.05, 4.69) is 0 Å². The van der Waals surface area contributed by atoms with Gasteiger partial charge in [0.15, 0.2) is 0 Å². The molecule has 0 unspecified atom stereocenters. The molecular weight excluding hydrogens is 230 g/mol. The van der Waals surface area contributed by atoms with Crippen LogP contribution in [0.25, 0.3) is 0 Å². The third-order valence-electron chi connectivity index (χ3n) is 3.15. The second-order valence-corrected chi connectivity index (χ2v) is 4.46. The van der Waals surface area contributed by atoms with Crippen LogP contribution in [0.5, 0.6) is 0 Å². The average Bonchev–Trinajstić information content (AvgIpc) is 2.86. The summed E-state index contributed by atoms with van der Waals surface area (Å²) < 4.78 is 5.26. The summed E-state index contributed by atoms with van der Waals surface area (Å²) in [6.45, 7) is 2.41. The molecule has 0 aliphatic carbocycles. The van der Waals surface area contributed by atoms with Gasteiger partial charge in [-0.2, -0.15) is 0 Å². The molecule has 1 aliphatic rings. The number of ether oxygens (including phenoxy) is 1. The molecule has 1 aliphatic heterocycles. The molecule has 1 aromatic carbocycles. The van der Waals surface area contributed by atoms with Crippen molar-refractivity contribution in [2.45, 2.75) is 32.4 Å². The molecule has 0 aromatic heterocycles. The zero-order valence-corrected chi connectivity index (χ0v) is 10.5. The van der Waals surface area contributed by atoms with E-state index in [0.717, 1.165) is 12.0 Å². The van der Waals surface area contributed by atoms with E-state index in [4.69, 9.17) is 4.74 Å². The highest BCUT2D eigenvalue weighted by atomic mass is 16.5. The Bertz CT molecular complexity index is 430. The summed E-state index contributed by atoms with van der Waals surface area (Å²) in [5.74, 6) is -0.360. The Labute approximate surface area is 107 Å². The van der Waals surface area contributed by atoms with Crippen molar-refractivity contribution in [2.24, 2.45) is 0 Å². The fourth-order valence-electron chi connectivity index (χ4n) is 2.21. The average molecular weight is 247 g/mol. The molecule has 0 bridgehead atoms. The van der Waals surface area contributed by atoms with E-state index in [0.29, 0.717) is 13.0 Å². The summed E-state index contributed by atoms with van der Waals surface area (Å²) in [6, 6.07) is 9.14. The number of carbonyl (C=O) groups excluding carboxylic acids is 2. The van der Waals surface area contributed by atoms with Crippen LogP contribution in [0.15, 0.2) is 30.3 Å². The molecule has 1 heterocycles. The van der Waals surface area contributed by atoms with Crippen LogP contribution in [0.4, 0.5) is 0 Å². The maximum atomic E-state index is 11.9. The molecule has 4 heteroatoms. The van der Waals surface area contributed by atoms with Crippen molar-refractivity contribution in [1.82, 2.24) is 4.90 Å². The van der Waals surface area contributed by atoms with Gasteiger partial charge < -0.3 is 9.64 Å². The van der Waals surface area contributed by atoms with Crippen LogP contribution in [0.3, 0.4) is 0 Å². The quantitative estimate of drug-likeness (QED) is 0.764. The van der Waals surface area contributed by atoms with Gasteiger partial charge in [-0.15, -0.1) is 0 Å². The lowest BCUT2D eigenvalue weighted by Crippen LogP contribution is -2.40. The molecule has 1 amide bonds.